The first-order chi connectivity index (χ1) is 6.95. The van der Waals surface area contributed by atoms with E-state index in [4.69, 9.17) is 4.74 Å². The van der Waals surface area contributed by atoms with E-state index in [0.29, 0.717) is 5.75 Å². The molecule has 15 heavy (non-hydrogen) atoms. The minimum atomic E-state index is -4.36. The highest BCUT2D eigenvalue weighted by Gasteiger charge is 2.32. The Labute approximate surface area is 93.1 Å². The highest BCUT2D eigenvalue weighted by Crippen LogP contribution is 2.36. The number of hydrogen-bond donors (Lipinski definition) is 0. The number of methoxy groups -OCH3 is 1. The molecule has 0 saturated carbocycles. The molecule has 0 N–H and O–H groups in total. The summed E-state index contributed by atoms with van der Waals surface area (Å²) >= 11 is 2.83. The van der Waals surface area contributed by atoms with Crippen molar-refractivity contribution in [3.8, 4) is 5.75 Å². The molecule has 0 spiro atoms. The normalized spacial score (nSPS) is 11.5. The summed E-state index contributed by atoms with van der Waals surface area (Å²) in [4.78, 5) is 0. The van der Waals surface area contributed by atoms with Crippen LogP contribution in [-0.4, -0.2) is 13.9 Å². The quantitative estimate of drug-likeness (QED) is 0.792. The summed E-state index contributed by atoms with van der Waals surface area (Å²) in [7, 11) is 1.43. The zero-order valence-electron chi connectivity index (χ0n) is 7.77. The van der Waals surface area contributed by atoms with Crippen molar-refractivity contribution in [2.24, 2.45) is 0 Å². The van der Waals surface area contributed by atoms with Gasteiger partial charge in [-0.25, -0.2) is 0 Å². The Bertz CT molecular complexity index is 339. The summed E-state index contributed by atoms with van der Waals surface area (Å²) < 4.78 is 46.6. The fourth-order valence-electron chi connectivity index (χ4n) is 0.942. The van der Waals surface area contributed by atoms with Crippen molar-refractivity contribution in [1.29, 1.82) is 0 Å². The van der Waals surface area contributed by atoms with Crippen molar-refractivity contribution < 1.29 is 22.6 Å². The number of alkyl halides is 3. The lowest BCUT2D eigenvalue weighted by atomic mass is 10.2. The van der Waals surface area contributed by atoms with Crippen LogP contribution in [0.4, 0.5) is 13.2 Å². The van der Waals surface area contributed by atoms with Crippen molar-refractivity contribution in [2.75, 3.05) is 13.9 Å². The highest BCUT2D eigenvalue weighted by atomic mass is 79.9. The maximum Gasteiger partial charge on any atom is 0.417 e. The van der Waals surface area contributed by atoms with E-state index in [2.05, 4.69) is 20.7 Å². The molecule has 0 radical (unpaired) electrons. The van der Waals surface area contributed by atoms with Crippen LogP contribution in [0.5, 0.6) is 5.75 Å². The van der Waals surface area contributed by atoms with Gasteiger partial charge in [0.2, 0.25) is 0 Å². The van der Waals surface area contributed by atoms with Crippen molar-refractivity contribution in [3.05, 3.63) is 28.2 Å². The van der Waals surface area contributed by atoms with Gasteiger partial charge in [0.1, 0.15) is 5.75 Å². The molecule has 0 amide bonds. The zero-order chi connectivity index (χ0) is 11.5. The third-order valence-corrected chi connectivity index (χ3v) is 2.25. The van der Waals surface area contributed by atoms with Crippen LogP contribution < -0.4 is 4.74 Å². The monoisotopic (exact) mass is 284 g/mol. The Hall–Kier alpha value is -0.750. The Morgan fingerprint density at radius 2 is 2.00 bits per heavy atom. The molecular formula is C9H8BrF3O2. The Morgan fingerprint density at radius 1 is 1.33 bits per heavy atom. The molecule has 0 aliphatic rings. The largest absolute Gasteiger partial charge is 0.468 e. The number of benzene rings is 1. The first-order valence-corrected chi connectivity index (χ1v) is 4.73. The number of halogens is 4. The molecule has 6 heteroatoms. The van der Waals surface area contributed by atoms with Crippen LogP contribution in [-0.2, 0) is 10.9 Å². The van der Waals surface area contributed by atoms with Crippen LogP contribution in [0.2, 0.25) is 0 Å². The fourth-order valence-corrected chi connectivity index (χ4v) is 1.53. The standard InChI is InChI=1S/C9H8BrF3O2/c1-14-5-15-6-2-3-7(8(10)4-6)9(11,12)13/h2-4H,5H2,1H3. The van der Waals surface area contributed by atoms with Gasteiger partial charge in [0.05, 0.1) is 5.56 Å². The molecule has 0 fully saturated rings. The summed E-state index contributed by atoms with van der Waals surface area (Å²) in [6.45, 7) is -0.00218. The lowest BCUT2D eigenvalue weighted by Crippen LogP contribution is -2.06. The molecule has 0 bridgehead atoms. The maximum absolute atomic E-state index is 12.3. The third-order valence-electron chi connectivity index (χ3n) is 1.59. The van der Waals surface area contributed by atoms with Crippen LogP contribution >= 0.6 is 15.9 Å². The van der Waals surface area contributed by atoms with Gasteiger partial charge in [-0.1, -0.05) is 15.9 Å². The van der Waals surface area contributed by atoms with E-state index >= 15 is 0 Å². The van der Waals surface area contributed by atoms with Crippen molar-refractivity contribution in [2.45, 2.75) is 6.18 Å². The smallest absolute Gasteiger partial charge is 0.417 e. The van der Waals surface area contributed by atoms with Gasteiger partial charge in [-0.05, 0) is 18.2 Å². The molecule has 1 rings (SSSR count). The van der Waals surface area contributed by atoms with Crippen LogP contribution in [0.15, 0.2) is 22.7 Å². The Kier molecular flexibility index (Phi) is 3.98. The summed E-state index contributed by atoms with van der Waals surface area (Å²) in [5, 5.41) is 0. The second-order valence-electron chi connectivity index (χ2n) is 2.69. The van der Waals surface area contributed by atoms with E-state index in [-0.39, 0.29) is 11.3 Å². The van der Waals surface area contributed by atoms with Gasteiger partial charge in [-0.3, -0.25) is 0 Å². The molecule has 0 unspecified atom stereocenters. The molecule has 0 aliphatic heterocycles. The minimum Gasteiger partial charge on any atom is -0.468 e. The molecule has 1 aromatic carbocycles. The van der Waals surface area contributed by atoms with Gasteiger partial charge in [0, 0.05) is 11.6 Å². The van der Waals surface area contributed by atoms with Gasteiger partial charge in [-0.2, -0.15) is 13.2 Å². The topological polar surface area (TPSA) is 18.5 Å². The molecule has 0 atom stereocenters. The van der Waals surface area contributed by atoms with Gasteiger partial charge < -0.3 is 9.47 Å². The lowest BCUT2D eigenvalue weighted by molar-refractivity contribution is -0.138. The average molecular weight is 285 g/mol. The summed E-state index contributed by atoms with van der Waals surface area (Å²) in [5.41, 5.74) is -0.729. The van der Waals surface area contributed by atoms with Crippen molar-refractivity contribution >= 4 is 15.9 Å². The third kappa shape index (κ3) is 3.39. The van der Waals surface area contributed by atoms with E-state index in [1.165, 1.54) is 19.2 Å². The molecule has 0 saturated heterocycles. The van der Waals surface area contributed by atoms with E-state index in [1.54, 1.807) is 0 Å². The predicted molar refractivity (Wildman–Crippen MR) is 51.6 cm³/mol. The number of hydrogen-bond acceptors (Lipinski definition) is 2. The first-order valence-electron chi connectivity index (χ1n) is 3.93. The summed E-state index contributed by atoms with van der Waals surface area (Å²) in [5.74, 6) is 0.316. The molecule has 0 aliphatic carbocycles. The van der Waals surface area contributed by atoms with Crippen LogP contribution in [0.25, 0.3) is 0 Å². The predicted octanol–water partition coefficient (Wildman–Crippen LogP) is 3.45. The molecule has 1 aromatic rings. The number of ether oxygens (including phenoxy) is 2. The summed E-state index contributed by atoms with van der Waals surface area (Å²) in [6, 6.07) is 3.45. The highest BCUT2D eigenvalue weighted by molar-refractivity contribution is 9.10. The second kappa shape index (κ2) is 4.85. The molecule has 0 heterocycles. The van der Waals surface area contributed by atoms with Gasteiger partial charge in [-0.15, -0.1) is 0 Å². The van der Waals surface area contributed by atoms with Crippen LogP contribution in [0, 0.1) is 0 Å². The second-order valence-corrected chi connectivity index (χ2v) is 3.54. The minimum absolute atomic E-state index is 0.00218. The van der Waals surface area contributed by atoms with Crippen LogP contribution in [0.3, 0.4) is 0 Å². The first kappa shape index (κ1) is 12.3. The zero-order valence-corrected chi connectivity index (χ0v) is 9.35. The van der Waals surface area contributed by atoms with Crippen LogP contribution in [0.1, 0.15) is 5.56 Å². The maximum atomic E-state index is 12.3. The molecular weight excluding hydrogens is 277 g/mol. The Morgan fingerprint density at radius 3 is 2.47 bits per heavy atom. The SMILES string of the molecule is COCOc1ccc(C(F)(F)F)c(Br)c1. The molecule has 84 valence electrons. The van der Waals surface area contributed by atoms with E-state index in [1.807, 2.05) is 0 Å². The van der Waals surface area contributed by atoms with Gasteiger partial charge in [0.25, 0.3) is 0 Å². The lowest BCUT2D eigenvalue weighted by Gasteiger charge is -2.10. The van der Waals surface area contributed by atoms with Gasteiger partial charge in [0.15, 0.2) is 6.79 Å². The van der Waals surface area contributed by atoms with E-state index in [0.717, 1.165) is 6.07 Å². The van der Waals surface area contributed by atoms with E-state index < -0.39 is 11.7 Å². The molecule has 2 nitrogen and oxygen atoms in total. The number of rotatable bonds is 3. The average Bonchev–Trinajstić information content (AvgIpc) is 2.12. The molecule has 0 aromatic heterocycles. The van der Waals surface area contributed by atoms with Crippen molar-refractivity contribution in [1.82, 2.24) is 0 Å². The summed E-state index contributed by atoms with van der Waals surface area (Å²) in [6.07, 6.45) is -4.36. The van der Waals surface area contributed by atoms with E-state index in [9.17, 15) is 13.2 Å². The van der Waals surface area contributed by atoms with Gasteiger partial charge >= 0.3 is 6.18 Å². The van der Waals surface area contributed by atoms with Crippen molar-refractivity contribution in [3.63, 3.8) is 0 Å². The fraction of sp³-hybridized carbons (Fsp3) is 0.333. The Balaban J connectivity index is 2.89.